The van der Waals surface area contributed by atoms with Crippen LogP contribution in [0.2, 0.25) is 0 Å². The fraction of sp³-hybridized carbons (Fsp3) is 0.0909. The van der Waals surface area contributed by atoms with Crippen LogP contribution >= 0.6 is 0 Å². The SMILES string of the molecule is O=C(COc1ccccc1)NN=Cc1cccc(OCc2ccccc2)c1. The molecule has 5 heteroatoms. The topological polar surface area (TPSA) is 59.9 Å². The van der Waals surface area contributed by atoms with E-state index >= 15 is 0 Å². The van der Waals surface area contributed by atoms with E-state index in [2.05, 4.69) is 10.5 Å². The van der Waals surface area contributed by atoms with Crippen LogP contribution in [0.4, 0.5) is 0 Å². The van der Waals surface area contributed by atoms with Crippen molar-refractivity contribution in [1.29, 1.82) is 0 Å². The van der Waals surface area contributed by atoms with Crippen molar-refractivity contribution in [1.82, 2.24) is 5.43 Å². The summed E-state index contributed by atoms with van der Waals surface area (Å²) in [6, 6.07) is 26.6. The van der Waals surface area contributed by atoms with Crippen LogP contribution in [0.15, 0.2) is 90.0 Å². The Morgan fingerprint density at radius 1 is 0.852 bits per heavy atom. The van der Waals surface area contributed by atoms with E-state index in [0.717, 1.165) is 16.9 Å². The minimum Gasteiger partial charge on any atom is -0.489 e. The van der Waals surface area contributed by atoms with E-state index in [1.807, 2.05) is 72.8 Å². The molecule has 0 atom stereocenters. The van der Waals surface area contributed by atoms with Crippen molar-refractivity contribution in [2.24, 2.45) is 5.10 Å². The van der Waals surface area contributed by atoms with Crippen LogP contribution in [0.5, 0.6) is 11.5 Å². The summed E-state index contributed by atoms with van der Waals surface area (Å²) in [6.45, 7) is 0.399. The molecule has 27 heavy (non-hydrogen) atoms. The smallest absolute Gasteiger partial charge is 0.277 e. The highest BCUT2D eigenvalue weighted by molar-refractivity contribution is 5.83. The van der Waals surface area contributed by atoms with Crippen molar-refractivity contribution in [3.05, 3.63) is 96.1 Å². The number of benzene rings is 3. The summed E-state index contributed by atoms with van der Waals surface area (Å²) in [7, 11) is 0. The number of carbonyl (C=O) groups excluding carboxylic acids is 1. The van der Waals surface area contributed by atoms with Gasteiger partial charge in [-0.05, 0) is 35.4 Å². The Morgan fingerprint density at radius 2 is 1.56 bits per heavy atom. The fourth-order valence-electron chi connectivity index (χ4n) is 2.30. The second-order valence-corrected chi connectivity index (χ2v) is 5.74. The molecule has 0 aliphatic heterocycles. The predicted octanol–water partition coefficient (Wildman–Crippen LogP) is 3.79. The standard InChI is InChI=1S/C22H20N2O3/c25-22(17-27-20-11-5-2-6-12-20)24-23-15-19-10-7-13-21(14-19)26-16-18-8-3-1-4-9-18/h1-15H,16-17H2,(H,24,25). The van der Waals surface area contributed by atoms with Gasteiger partial charge in [0, 0.05) is 0 Å². The van der Waals surface area contributed by atoms with Crippen molar-refractivity contribution in [3.8, 4) is 11.5 Å². The summed E-state index contributed by atoms with van der Waals surface area (Å²) >= 11 is 0. The van der Waals surface area contributed by atoms with E-state index < -0.39 is 0 Å². The first-order chi connectivity index (χ1) is 13.3. The van der Waals surface area contributed by atoms with Gasteiger partial charge in [0.15, 0.2) is 6.61 Å². The molecule has 0 bridgehead atoms. The molecule has 0 fully saturated rings. The molecule has 0 heterocycles. The molecule has 0 radical (unpaired) electrons. The Balaban J connectivity index is 1.46. The van der Waals surface area contributed by atoms with Crippen LogP contribution in [0.1, 0.15) is 11.1 Å². The summed E-state index contributed by atoms with van der Waals surface area (Å²) in [5, 5.41) is 3.95. The molecule has 0 unspecified atom stereocenters. The van der Waals surface area contributed by atoms with Crippen LogP contribution < -0.4 is 14.9 Å². The van der Waals surface area contributed by atoms with E-state index in [0.29, 0.717) is 12.4 Å². The minimum atomic E-state index is -0.327. The quantitative estimate of drug-likeness (QED) is 0.491. The zero-order chi connectivity index (χ0) is 18.7. The third-order valence-electron chi connectivity index (χ3n) is 3.62. The molecular formula is C22H20N2O3. The second kappa shape index (κ2) is 9.77. The molecule has 3 aromatic rings. The largest absolute Gasteiger partial charge is 0.489 e. The molecule has 0 saturated carbocycles. The zero-order valence-corrected chi connectivity index (χ0v) is 14.7. The number of hydrogen-bond acceptors (Lipinski definition) is 4. The highest BCUT2D eigenvalue weighted by Crippen LogP contribution is 2.14. The monoisotopic (exact) mass is 360 g/mol. The summed E-state index contributed by atoms with van der Waals surface area (Å²) in [6.07, 6.45) is 1.57. The Kier molecular flexibility index (Phi) is 6.59. The lowest BCUT2D eigenvalue weighted by Gasteiger charge is -2.07. The van der Waals surface area contributed by atoms with Gasteiger partial charge in [0.2, 0.25) is 0 Å². The number of para-hydroxylation sites is 1. The van der Waals surface area contributed by atoms with E-state index in [9.17, 15) is 4.79 Å². The molecule has 3 rings (SSSR count). The minimum absolute atomic E-state index is 0.0957. The molecule has 136 valence electrons. The summed E-state index contributed by atoms with van der Waals surface area (Å²) in [5.74, 6) is 1.05. The van der Waals surface area contributed by atoms with Crippen molar-refractivity contribution < 1.29 is 14.3 Å². The number of hydrogen-bond donors (Lipinski definition) is 1. The van der Waals surface area contributed by atoms with Gasteiger partial charge in [-0.15, -0.1) is 0 Å². The van der Waals surface area contributed by atoms with E-state index in [1.54, 1.807) is 18.3 Å². The first-order valence-electron chi connectivity index (χ1n) is 8.56. The van der Waals surface area contributed by atoms with Gasteiger partial charge in [-0.25, -0.2) is 5.43 Å². The lowest BCUT2D eigenvalue weighted by molar-refractivity contribution is -0.123. The Labute approximate surface area is 158 Å². The number of carbonyl (C=O) groups is 1. The summed E-state index contributed by atoms with van der Waals surface area (Å²) < 4.78 is 11.1. The molecule has 1 N–H and O–H groups in total. The van der Waals surface area contributed by atoms with Crippen LogP contribution in [0.25, 0.3) is 0 Å². The number of hydrazone groups is 1. The molecular weight excluding hydrogens is 340 g/mol. The van der Waals surface area contributed by atoms with E-state index in [4.69, 9.17) is 9.47 Å². The Hall–Kier alpha value is -3.60. The first-order valence-corrected chi connectivity index (χ1v) is 8.56. The number of amides is 1. The average molecular weight is 360 g/mol. The van der Waals surface area contributed by atoms with E-state index in [1.165, 1.54) is 0 Å². The normalized spacial score (nSPS) is 10.5. The van der Waals surface area contributed by atoms with Crippen molar-refractivity contribution in [2.45, 2.75) is 6.61 Å². The summed E-state index contributed by atoms with van der Waals surface area (Å²) in [4.78, 5) is 11.8. The third-order valence-corrected chi connectivity index (χ3v) is 3.62. The van der Waals surface area contributed by atoms with Gasteiger partial charge in [-0.3, -0.25) is 4.79 Å². The van der Waals surface area contributed by atoms with Gasteiger partial charge in [0.05, 0.1) is 6.21 Å². The molecule has 0 aliphatic rings. The third kappa shape index (κ3) is 6.32. The lowest BCUT2D eigenvalue weighted by Crippen LogP contribution is -2.24. The first kappa shape index (κ1) is 18.2. The highest BCUT2D eigenvalue weighted by atomic mass is 16.5. The fourth-order valence-corrected chi connectivity index (χ4v) is 2.30. The maximum atomic E-state index is 11.8. The molecule has 0 spiro atoms. The van der Waals surface area contributed by atoms with Gasteiger partial charge in [0.25, 0.3) is 5.91 Å². The lowest BCUT2D eigenvalue weighted by atomic mass is 10.2. The van der Waals surface area contributed by atoms with Crippen molar-refractivity contribution in [2.75, 3.05) is 6.61 Å². The van der Waals surface area contributed by atoms with E-state index in [-0.39, 0.29) is 12.5 Å². The average Bonchev–Trinajstić information content (AvgIpc) is 2.73. The predicted molar refractivity (Wildman–Crippen MR) is 105 cm³/mol. The van der Waals surface area contributed by atoms with Crippen LogP contribution in [-0.2, 0) is 11.4 Å². The Morgan fingerprint density at radius 3 is 2.33 bits per heavy atom. The number of nitrogens with one attached hydrogen (secondary N) is 1. The summed E-state index contributed by atoms with van der Waals surface area (Å²) in [5.41, 5.74) is 4.37. The molecule has 0 saturated heterocycles. The zero-order valence-electron chi connectivity index (χ0n) is 14.7. The maximum absolute atomic E-state index is 11.8. The number of ether oxygens (including phenoxy) is 2. The number of rotatable bonds is 8. The second-order valence-electron chi connectivity index (χ2n) is 5.74. The van der Waals surface area contributed by atoms with Crippen LogP contribution in [-0.4, -0.2) is 18.7 Å². The highest BCUT2D eigenvalue weighted by Gasteiger charge is 2.01. The maximum Gasteiger partial charge on any atom is 0.277 e. The Bertz CT molecular complexity index is 880. The molecule has 1 amide bonds. The van der Waals surface area contributed by atoms with Gasteiger partial charge in [-0.1, -0.05) is 60.7 Å². The molecule has 0 aromatic heterocycles. The van der Waals surface area contributed by atoms with Gasteiger partial charge < -0.3 is 9.47 Å². The van der Waals surface area contributed by atoms with Gasteiger partial charge in [-0.2, -0.15) is 5.10 Å². The van der Waals surface area contributed by atoms with Crippen molar-refractivity contribution in [3.63, 3.8) is 0 Å². The molecule has 0 aliphatic carbocycles. The van der Waals surface area contributed by atoms with Crippen molar-refractivity contribution >= 4 is 12.1 Å². The van der Waals surface area contributed by atoms with Crippen LogP contribution in [0.3, 0.4) is 0 Å². The molecule has 5 nitrogen and oxygen atoms in total. The number of nitrogens with zero attached hydrogens (tertiary/aromatic N) is 1. The van der Waals surface area contributed by atoms with Gasteiger partial charge in [0.1, 0.15) is 18.1 Å². The van der Waals surface area contributed by atoms with Crippen LogP contribution in [0, 0.1) is 0 Å². The van der Waals surface area contributed by atoms with Gasteiger partial charge >= 0.3 is 0 Å². The molecule has 3 aromatic carbocycles.